The predicted octanol–water partition coefficient (Wildman–Crippen LogP) is 8.61. The summed E-state index contributed by atoms with van der Waals surface area (Å²) in [5.74, 6) is -0.575. The van der Waals surface area contributed by atoms with E-state index in [0.717, 1.165) is 56.5 Å². The van der Waals surface area contributed by atoms with Gasteiger partial charge in [0.1, 0.15) is 12.4 Å². The number of hydrogen-bond acceptors (Lipinski definition) is 5. The zero-order chi connectivity index (χ0) is 32.1. The van der Waals surface area contributed by atoms with Gasteiger partial charge in [0.2, 0.25) is 0 Å². The van der Waals surface area contributed by atoms with E-state index in [2.05, 4.69) is 60.7 Å². The molecule has 0 saturated heterocycles. The molecule has 45 heavy (non-hydrogen) atoms. The summed E-state index contributed by atoms with van der Waals surface area (Å²) in [4.78, 5) is 41.7. The molecule has 2 aliphatic carbocycles. The Labute approximate surface area is 272 Å². The third-order valence-electron chi connectivity index (χ3n) is 9.09. The molecule has 3 aliphatic rings. The first kappa shape index (κ1) is 31.0. The van der Waals surface area contributed by atoms with Gasteiger partial charge in [0, 0.05) is 47.8 Å². The molecule has 0 amide bonds. The number of ketones is 2. The molecular weight excluding hydrogens is 630 g/mol. The van der Waals surface area contributed by atoms with E-state index in [1.165, 1.54) is 0 Å². The molecule has 6 nitrogen and oxygen atoms in total. The second-order valence-electron chi connectivity index (χ2n) is 14.1. The fourth-order valence-corrected chi connectivity index (χ4v) is 7.57. The topological polar surface area (TPSA) is 83.9 Å². The van der Waals surface area contributed by atoms with Crippen LogP contribution in [0.25, 0.3) is 0 Å². The maximum atomic E-state index is 14.1. The number of carboxylic acid groups (broad SMARTS) is 1. The summed E-state index contributed by atoms with van der Waals surface area (Å²) in [6.07, 6.45) is 2.39. The summed E-state index contributed by atoms with van der Waals surface area (Å²) in [6.45, 7) is 9.50. The number of carboxylic acids is 1. The Balaban J connectivity index is 1.41. The Morgan fingerprint density at radius 3 is 1.93 bits per heavy atom. The Bertz CT molecular complexity index is 1700. The van der Waals surface area contributed by atoms with Gasteiger partial charge in [0.05, 0.1) is 10.0 Å². The number of allylic oxidation sites excluding steroid dienone is 4. The number of rotatable bonds is 7. The molecule has 3 aromatic carbocycles. The standard InChI is InChI=1S/C38H38BrNO5/c1-37(2)17-28-34(30(41)19-37)33(26-14-15-32(27(39)16-26)45-22-24-10-12-25(13-11-24)36(43)44)35-29(18-38(3,4)20-31(35)42)40(28)21-23-8-6-5-7-9-23/h5-16,33H,17-22H2,1-4H3,(H,43,44). The third-order valence-corrected chi connectivity index (χ3v) is 9.71. The second kappa shape index (κ2) is 11.8. The van der Waals surface area contributed by atoms with E-state index in [-0.39, 0.29) is 34.6 Å². The molecule has 0 atom stereocenters. The maximum absolute atomic E-state index is 14.1. The van der Waals surface area contributed by atoms with Crippen LogP contribution in [0.2, 0.25) is 0 Å². The summed E-state index contributed by atoms with van der Waals surface area (Å²) >= 11 is 3.70. The van der Waals surface area contributed by atoms with Gasteiger partial charge in [-0.15, -0.1) is 0 Å². The van der Waals surface area contributed by atoms with E-state index >= 15 is 0 Å². The van der Waals surface area contributed by atoms with Crippen LogP contribution in [0, 0.1) is 10.8 Å². The highest BCUT2D eigenvalue weighted by molar-refractivity contribution is 9.10. The van der Waals surface area contributed by atoms with Crippen molar-refractivity contribution in [2.75, 3.05) is 0 Å². The Kier molecular flexibility index (Phi) is 8.10. The smallest absolute Gasteiger partial charge is 0.335 e. The zero-order valence-corrected chi connectivity index (χ0v) is 27.7. The normalized spacial score (nSPS) is 19.4. The molecule has 3 aromatic rings. The van der Waals surface area contributed by atoms with Gasteiger partial charge in [0.25, 0.3) is 0 Å². The Morgan fingerprint density at radius 2 is 1.40 bits per heavy atom. The Morgan fingerprint density at radius 1 is 0.822 bits per heavy atom. The van der Waals surface area contributed by atoms with Gasteiger partial charge < -0.3 is 14.7 Å². The summed E-state index contributed by atoms with van der Waals surface area (Å²) in [6, 6.07) is 22.7. The van der Waals surface area contributed by atoms with E-state index < -0.39 is 11.9 Å². The summed E-state index contributed by atoms with van der Waals surface area (Å²) in [7, 11) is 0. The van der Waals surface area contributed by atoms with Crippen LogP contribution in [0.4, 0.5) is 0 Å². The van der Waals surface area contributed by atoms with Crippen LogP contribution in [0.5, 0.6) is 5.75 Å². The molecule has 0 fully saturated rings. The number of carbonyl (C=O) groups is 3. The van der Waals surface area contributed by atoms with Crippen LogP contribution in [0.1, 0.15) is 86.3 Å². The van der Waals surface area contributed by atoms with Crippen molar-refractivity contribution in [3.8, 4) is 5.75 Å². The van der Waals surface area contributed by atoms with Crippen LogP contribution in [-0.2, 0) is 22.7 Å². The minimum atomic E-state index is -0.969. The van der Waals surface area contributed by atoms with Crippen molar-refractivity contribution < 1.29 is 24.2 Å². The molecule has 0 bridgehead atoms. The minimum Gasteiger partial charge on any atom is -0.488 e. The van der Waals surface area contributed by atoms with Gasteiger partial charge >= 0.3 is 5.97 Å². The predicted molar refractivity (Wildman–Crippen MR) is 177 cm³/mol. The Hall–Kier alpha value is -3.97. The molecule has 1 N–H and O–H groups in total. The van der Waals surface area contributed by atoms with E-state index in [9.17, 15) is 19.5 Å². The number of nitrogens with zero attached hydrogens (tertiary/aromatic N) is 1. The van der Waals surface area contributed by atoms with Crippen LogP contribution >= 0.6 is 15.9 Å². The average molecular weight is 669 g/mol. The van der Waals surface area contributed by atoms with Crippen molar-refractivity contribution >= 4 is 33.5 Å². The first-order valence-corrected chi connectivity index (χ1v) is 16.2. The fourth-order valence-electron chi connectivity index (χ4n) is 7.06. The van der Waals surface area contributed by atoms with Crippen molar-refractivity contribution in [3.05, 3.63) is 122 Å². The first-order valence-electron chi connectivity index (χ1n) is 15.4. The van der Waals surface area contributed by atoms with Gasteiger partial charge in [-0.3, -0.25) is 9.59 Å². The van der Waals surface area contributed by atoms with E-state index in [1.54, 1.807) is 24.3 Å². The number of halogens is 1. The molecule has 6 rings (SSSR count). The molecule has 0 saturated carbocycles. The summed E-state index contributed by atoms with van der Waals surface area (Å²) < 4.78 is 6.83. The minimum absolute atomic E-state index is 0.106. The van der Waals surface area contributed by atoms with Crippen LogP contribution in [-0.4, -0.2) is 27.5 Å². The number of carbonyl (C=O) groups excluding carboxylic acids is 2. The van der Waals surface area contributed by atoms with Gasteiger partial charge in [-0.05, 0) is 80.6 Å². The lowest BCUT2D eigenvalue weighted by Gasteiger charge is -2.49. The monoisotopic (exact) mass is 667 g/mol. The molecular formula is C38H38BrNO5. The quantitative estimate of drug-likeness (QED) is 0.272. The molecule has 0 radical (unpaired) electrons. The molecule has 7 heteroatoms. The third kappa shape index (κ3) is 6.28. The van der Waals surface area contributed by atoms with Gasteiger partial charge in [-0.2, -0.15) is 0 Å². The average Bonchev–Trinajstić information content (AvgIpc) is 2.97. The van der Waals surface area contributed by atoms with E-state index in [1.807, 2.05) is 36.4 Å². The summed E-state index contributed by atoms with van der Waals surface area (Å²) in [5, 5.41) is 9.17. The van der Waals surface area contributed by atoms with Crippen molar-refractivity contribution in [3.63, 3.8) is 0 Å². The van der Waals surface area contributed by atoms with Gasteiger partial charge in [-0.1, -0.05) is 76.2 Å². The van der Waals surface area contributed by atoms with Gasteiger partial charge in [-0.25, -0.2) is 4.79 Å². The number of benzene rings is 3. The molecule has 0 spiro atoms. The van der Waals surface area contributed by atoms with Crippen molar-refractivity contribution in [1.82, 2.24) is 4.90 Å². The lowest BCUT2D eigenvalue weighted by molar-refractivity contribution is -0.119. The highest BCUT2D eigenvalue weighted by Gasteiger charge is 2.49. The van der Waals surface area contributed by atoms with Crippen LogP contribution < -0.4 is 4.74 Å². The molecule has 0 aromatic heterocycles. The molecule has 1 aliphatic heterocycles. The number of ether oxygens (including phenoxy) is 1. The lowest BCUT2D eigenvalue weighted by atomic mass is 9.63. The maximum Gasteiger partial charge on any atom is 0.335 e. The zero-order valence-electron chi connectivity index (χ0n) is 26.2. The van der Waals surface area contributed by atoms with E-state index in [0.29, 0.717) is 25.1 Å². The number of hydrogen-bond donors (Lipinski definition) is 1. The first-order chi connectivity index (χ1) is 21.3. The SMILES string of the molecule is CC1(C)CC(=O)C2=C(C1)N(Cc1ccccc1)C1=C(C(=O)CC(C)(C)C1)C2c1ccc(OCc2ccc(C(=O)O)cc2)c(Br)c1. The molecule has 1 heterocycles. The van der Waals surface area contributed by atoms with Gasteiger partial charge in [0.15, 0.2) is 11.6 Å². The molecule has 0 unspecified atom stereocenters. The van der Waals surface area contributed by atoms with Crippen molar-refractivity contribution in [2.45, 2.75) is 72.4 Å². The highest BCUT2D eigenvalue weighted by Crippen LogP contribution is 2.55. The van der Waals surface area contributed by atoms with E-state index in [4.69, 9.17) is 4.74 Å². The second-order valence-corrected chi connectivity index (χ2v) is 14.9. The van der Waals surface area contributed by atoms with Crippen molar-refractivity contribution in [2.24, 2.45) is 10.8 Å². The van der Waals surface area contributed by atoms with Crippen molar-refractivity contribution in [1.29, 1.82) is 0 Å². The largest absolute Gasteiger partial charge is 0.488 e. The van der Waals surface area contributed by atoms with Crippen LogP contribution in [0.15, 0.2) is 99.8 Å². The fraction of sp³-hybridized carbons (Fsp3) is 0.342. The lowest BCUT2D eigenvalue weighted by Crippen LogP contribution is -2.44. The molecule has 232 valence electrons. The highest BCUT2D eigenvalue weighted by atomic mass is 79.9. The van der Waals surface area contributed by atoms with Crippen LogP contribution in [0.3, 0.4) is 0 Å². The summed E-state index contributed by atoms with van der Waals surface area (Å²) in [5.41, 5.74) is 6.28. The number of Topliss-reactive ketones (excluding diaryl/α,β-unsaturated/α-hetero) is 2. The number of aromatic carboxylic acids is 1.